The Labute approximate surface area is 231 Å². The molecular weight excluding hydrogens is 559 g/mol. The van der Waals surface area contributed by atoms with Crippen LogP contribution in [0.25, 0.3) is 0 Å². The molecule has 7 nitrogen and oxygen atoms in total. The molecule has 0 unspecified atom stereocenters. The molecule has 3 rings (SSSR count). The minimum atomic E-state index is -6.23. The van der Waals surface area contributed by atoms with Crippen LogP contribution < -0.4 is 15.6 Å². The molecule has 1 aliphatic rings. The number of hydrogen-bond acceptors (Lipinski definition) is 5. The number of anilines is 3. The maximum absolute atomic E-state index is 14.9. The van der Waals surface area contributed by atoms with Gasteiger partial charge in [-0.3, -0.25) is 10.3 Å². The number of carbonyl (C=O) groups is 1. The molecule has 2 aromatic rings. The molecule has 1 aliphatic heterocycles. The van der Waals surface area contributed by atoms with Gasteiger partial charge in [-0.15, -0.1) is 0 Å². The second kappa shape index (κ2) is 12.2. The lowest BCUT2D eigenvalue weighted by Crippen LogP contribution is -2.50. The van der Waals surface area contributed by atoms with Crippen LogP contribution in [0.4, 0.5) is 52.6 Å². The average molecular weight is 588 g/mol. The van der Waals surface area contributed by atoms with Gasteiger partial charge in [0, 0.05) is 42.7 Å². The number of hydrogen-bond donors (Lipinski definition) is 2. The van der Waals surface area contributed by atoms with E-state index >= 15 is 0 Å². The van der Waals surface area contributed by atoms with Crippen LogP contribution in [0.5, 0.6) is 0 Å². The van der Waals surface area contributed by atoms with Crippen molar-refractivity contribution in [3.05, 3.63) is 64.9 Å². The molecule has 222 valence electrons. The number of carbonyl (C=O) groups excluding carboxylic acids is 1. The number of aryl methyl sites for hydroxylation is 2. The van der Waals surface area contributed by atoms with Crippen molar-refractivity contribution >= 4 is 35.2 Å². The van der Waals surface area contributed by atoms with Gasteiger partial charge in [0.2, 0.25) is 0 Å². The van der Waals surface area contributed by atoms with Crippen LogP contribution in [0.2, 0.25) is 0 Å². The van der Waals surface area contributed by atoms with Crippen LogP contribution in [0.15, 0.2) is 52.7 Å². The number of halogens is 7. The van der Waals surface area contributed by atoms with Crippen molar-refractivity contribution in [2.24, 2.45) is 10.1 Å². The summed E-state index contributed by atoms with van der Waals surface area (Å²) in [5.74, 6) is 0.175. The average Bonchev–Trinajstić information content (AvgIpc) is 2.91. The Morgan fingerprint density at radius 1 is 1.07 bits per heavy atom. The predicted octanol–water partition coefficient (Wildman–Crippen LogP) is 7.61. The summed E-state index contributed by atoms with van der Waals surface area (Å²) < 4.78 is 100. The molecule has 0 atom stereocenters. The second-order valence-electron chi connectivity index (χ2n) is 9.04. The Morgan fingerprint density at radius 2 is 1.76 bits per heavy atom. The predicted molar refractivity (Wildman–Crippen MR) is 143 cm³/mol. The van der Waals surface area contributed by atoms with Crippen LogP contribution in [-0.2, 0) is 16.8 Å². The summed E-state index contributed by atoms with van der Waals surface area (Å²) in [5.41, 5.74) is -5.78. The van der Waals surface area contributed by atoms with Crippen molar-refractivity contribution < 1.29 is 40.3 Å². The van der Waals surface area contributed by atoms with E-state index in [1.807, 2.05) is 6.08 Å². The van der Waals surface area contributed by atoms with Crippen molar-refractivity contribution in [2.75, 3.05) is 29.8 Å². The quantitative estimate of drug-likeness (QED) is 0.199. The Morgan fingerprint density at radius 3 is 2.29 bits per heavy atom. The summed E-state index contributed by atoms with van der Waals surface area (Å²) in [6.07, 6.45) is -7.02. The first-order valence-corrected chi connectivity index (χ1v) is 12.4. The molecule has 0 saturated heterocycles. The Balaban J connectivity index is 2.09. The summed E-state index contributed by atoms with van der Waals surface area (Å²) in [7, 11) is 2.61. The number of rotatable bonds is 7. The fraction of sp³-hybridized carbons (Fsp3) is 0.370. The third kappa shape index (κ3) is 6.46. The minimum Gasteiger partial charge on any atom is -0.453 e. The van der Waals surface area contributed by atoms with Crippen molar-refractivity contribution in [3.8, 4) is 0 Å². The van der Waals surface area contributed by atoms with Gasteiger partial charge in [-0.25, -0.2) is 14.2 Å². The zero-order valence-electron chi connectivity index (χ0n) is 22.5. The number of benzene rings is 2. The van der Waals surface area contributed by atoms with E-state index in [9.17, 15) is 35.5 Å². The molecule has 14 heteroatoms. The van der Waals surface area contributed by atoms with Crippen LogP contribution in [-0.4, -0.2) is 44.7 Å². The summed E-state index contributed by atoms with van der Waals surface area (Å²) in [6.45, 7) is 2.96. The first-order chi connectivity index (χ1) is 19.2. The monoisotopic (exact) mass is 587 g/mol. The molecule has 0 fully saturated rings. The zero-order chi connectivity index (χ0) is 30.6. The third-order valence-electron chi connectivity index (χ3n) is 6.22. The van der Waals surface area contributed by atoms with E-state index in [2.05, 4.69) is 20.7 Å². The number of alkyl halides is 7. The van der Waals surface area contributed by atoms with Crippen LogP contribution in [0, 0.1) is 6.92 Å². The number of amidine groups is 1. The number of nitrogens with zero attached hydrogens (tertiary/aromatic N) is 3. The fourth-order valence-corrected chi connectivity index (χ4v) is 4.25. The molecule has 0 bridgehead atoms. The molecule has 1 amide bonds. The third-order valence-corrected chi connectivity index (χ3v) is 6.22. The molecule has 0 radical (unpaired) electrons. The van der Waals surface area contributed by atoms with E-state index < -0.39 is 29.7 Å². The van der Waals surface area contributed by atoms with Gasteiger partial charge in [-0.05, 0) is 48.7 Å². The SMILES string of the molecule is CCCc1cc(C(F)(C(F)(F)F)C(F)(F)F)cc(C)c1NC(=NC)c1ccc(N2C=CCC=N2)c(NC(=O)OC)c1. The Bertz CT molecular complexity index is 1340. The largest absolute Gasteiger partial charge is 0.453 e. The molecule has 1 heterocycles. The number of allylic oxidation sites excluding steroid dienone is 1. The number of hydrazone groups is 1. The van der Waals surface area contributed by atoms with Crippen LogP contribution in [0.1, 0.15) is 42.0 Å². The van der Waals surface area contributed by atoms with Gasteiger partial charge in [0.1, 0.15) is 5.84 Å². The fourth-order valence-electron chi connectivity index (χ4n) is 4.25. The number of aliphatic imine (C=N–C) groups is 1. The van der Waals surface area contributed by atoms with E-state index in [0.29, 0.717) is 36.2 Å². The smallest absolute Gasteiger partial charge is 0.435 e. The van der Waals surface area contributed by atoms with Crippen molar-refractivity contribution in [2.45, 2.75) is 51.1 Å². The van der Waals surface area contributed by atoms with Crippen LogP contribution >= 0.6 is 0 Å². The summed E-state index contributed by atoms with van der Waals surface area (Å²) in [5, 5.41) is 11.3. The molecule has 0 spiro atoms. The molecule has 2 aromatic carbocycles. The van der Waals surface area contributed by atoms with Gasteiger partial charge >= 0.3 is 24.1 Å². The first kappa shape index (κ1) is 31.4. The van der Waals surface area contributed by atoms with Crippen LogP contribution in [0.3, 0.4) is 0 Å². The van der Waals surface area contributed by atoms with Gasteiger partial charge in [-0.2, -0.15) is 31.4 Å². The lowest BCUT2D eigenvalue weighted by atomic mass is 9.89. The highest BCUT2D eigenvalue weighted by Gasteiger charge is 2.73. The van der Waals surface area contributed by atoms with Gasteiger partial charge < -0.3 is 10.1 Å². The molecule has 0 saturated carbocycles. The highest BCUT2D eigenvalue weighted by molar-refractivity contribution is 6.10. The number of methoxy groups -OCH3 is 1. The second-order valence-corrected chi connectivity index (χ2v) is 9.04. The van der Waals surface area contributed by atoms with Crippen molar-refractivity contribution in [1.29, 1.82) is 0 Å². The molecule has 0 aromatic heterocycles. The maximum atomic E-state index is 14.9. The number of nitrogens with one attached hydrogen (secondary N) is 2. The summed E-state index contributed by atoms with van der Waals surface area (Å²) in [4.78, 5) is 16.2. The first-order valence-electron chi connectivity index (χ1n) is 12.4. The van der Waals surface area contributed by atoms with Gasteiger partial charge in [0.15, 0.2) is 0 Å². The highest BCUT2D eigenvalue weighted by atomic mass is 19.4. The van der Waals surface area contributed by atoms with E-state index in [1.54, 1.807) is 37.5 Å². The Kier molecular flexibility index (Phi) is 9.34. The Hall–Kier alpha value is -4.10. The van der Waals surface area contributed by atoms with Crippen molar-refractivity contribution in [3.63, 3.8) is 0 Å². The highest BCUT2D eigenvalue weighted by Crippen LogP contribution is 2.54. The minimum absolute atomic E-state index is 0.0384. The van der Waals surface area contributed by atoms with E-state index in [4.69, 9.17) is 4.74 Å². The lowest BCUT2D eigenvalue weighted by molar-refractivity contribution is -0.348. The molecule has 0 aliphatic carbocycles. The normalized spacial score (nSPS) is 14.3. The standard InChI is InChI=1S/C27H28F7N5O2/c1-5-8-17-14-19(25(28,26(29,30)31)27(32,33)34)13-16(2)22(17)38-23(35-3)18-9-10-21(39-12-7-6-11-36-39)20(15-18)37-24(40)41-4/h7,9-15H,5-6,8H2,1-4H3,(H,35,38)(H,37,40). The summed E-state index contributed by atoms with van der Waals surface area (Å²) in [6, 6.07) is 5.93. The van der Waals surface area contributed by atoms with Crippen molar-refractivity contribution in [1.82, 2.24) is 0 Å². The van der Waals surface area contributed by atoms with E-state index in [0.717, 1.165) is 0 Å². The molecule has 2 N–H and O–H groups in total. The summed E-state index contributed by atoms with van der Waals surface area (Å²) >= 11 is 0. The zero-order valence-corrected chi connectivity index (χ0v) is 22.5. The molecular formula is C27H28F7N5O2. The lowest BCUT2D eigenvalue weighted by Gasteiger charge is -2.31. The number of amides is 1. The molecule has 41 heavy (non-hydrogen) atoms. The van der Waals surface area contributed by atoms with Gasteiger partial charge in [0.05, 0.1) is 18.5 Å². The maximum Gasteiger partial charge on any atom is 0.435 e. The topological polar surface area (TPSA) is 78.3 Å². The number of ether oxygens (including phenoxy) is 1. The van der Waals surface area contributed by atoms with E-state index in [1.165, 1.54) is 26.1 Å². The van der Waals surface area contributed by atoms with E-state index in [-0.39, 0.29) is 34.8 Å². The van der Waals surface area contributed by atoms with Gasteiger partial charge in [0.25, 0.3) is 0 Å². The van der Waals surface area contributed by atoms with Gasteiger partial charge in [-0.1, -0.05) is 25.5 Å².